The van der Waals surface area contributed by atoms with Crippen LogP contribution in [0.25, 0.3) is 5.69 Å². The van der Waals surface area contributed by atoms with E-state index in [2.05, 4.69) is 17.0 Å². The van der Waals surface area contributed by atoms with Crippen molar-refractivity contribution >= 4 is 24.0 Å². The fraction of sp³-hybridized carbons (Fsp3) is 0.143. The van der Waals surface area contributed by atoms with Crippen molar-refractivity contribution in [1.29, 1.82) is 0 Å². The number of rotatable bonds is 8. The van der Waals surface area contributed by atoms with Crippen molar-refractivity contribution < 1.29 is 9.47 Å². The lowest BCUT2D eigenvalue weighted by molar-refractivity contribution is 0.377. The van der Waals surface area contributed by atoms with Crippen molar-refractivity contribution in [2.24, 2.45) is 0 Å². The van der Waals surface area contributed by atoms with Crippen LogP contribution in [0.1, 0.15) is 5.56 Å². The molecule has 0 fully saturated rings. The molecular weight excluding hydrogens is 413 g/mol. The minimum absolute atomic E-state index is 0. The third-order valence-electron chi connectivity index (χ3n) is 3.95. The lowest BCUT2D eigenvalue weighted by Crippen LogP contribution is -2.21. The summed E-state index contributed by atoms with van der Waals surface area (Å²) in [6.07, 6.45) is 3.21. The molecule has 29 heavy (non-hydrogen) atoms. The molecule has 0 aliphatic heterocycles. The molecule has 1 aromatic heterocycles. The fourth-order valence-corrected chi connectivity index (χ4v) is 2.75. The van der Waals surface area contributed by atoms with Gasteiger partial charge in [-0.3, -0.25) is 4.79 Å². The molecule has 0 saturated carbocycles. The van der Waals surface area contributed by atoms with Gasteiger partial charge in [-0.15, -0.1) is 19.0 Å². The second-order valence-corrected chi connectivity index (χ2v) is 6.26. The van der Waals surface area contributed by atoms with Crippen LogP contribution >= 0.6 is 24.0 Å². The van der Waals surface area contributed by atoms with Gasteiger partial charge in [0.05, 0.1) is 19.0 Å². The summed E-state index contributed by atoms with van der Waals surface area (Å²) in [5.74, 6) is 1.13. The molecule has 1 heterocycles. The van der Waals surface area contributed by atoms with Crippen molar-refractivity contribution in [1.82, 2.24) is 15.1 Å². The van der Waals surface area contributed by atoms with Crippen LogP contribution in [0, 0.1) is 0 Å². The maximum atomic E-state index is 12.6. The zero-order valence-corrected chi connectivity index (χ0v) is 17.4. The van der Waals surface area contributed by atoms with Crippen molar-refractivity contribution in [3.63, 3.8) is 0 Å². The van der Waals surface area contributed by atoms with Crippen LogP contribution in [0.4, 0.5) is 0 Å². The quantitative estimate of drug-likeness (QED) is 0.421. The van der Waals surface area contributed by atoms with E-state index < -0.39 is 5.56 Å². The molecule has 3 rings (SSSR count). The summed E-state index contributed by atoms with van der Waals surface area (Å²) in [6.45, 7) is 5.05. The predicted molar refractivity (Wildman–Crippen MR) is 117 cm³/mol. The topological polar surface area (TPSA) is 65.4 Å². The number of ether oxygens (including phenoxy) is 2. The number of benzene rings is 2. The summed E-state index contributed by atoms with van der Waals surface area (Å²) in [6, 6.07) is 14.6. The molecule has 0 radical (unpaired) electrons. The van der Waals surface area contributed by atoms with Gasteiger partial charge in [-0.2, -0.15) is 9.78 Å². The van der Waals surface area contributed by atoms with Gasteiger partial charge in [0.1, 0.15) is 0 Å². The second kappa shape index (κ2) is 10.7. The van der Waals surface area contributed by atoms with E-state index in [0.29, 0.717) is 30.3 Å². The maximum absolute atomic E-state index is 12.6. The first-order valence-corrected chi connectivity index (χ1v) is 9.01. The molecule has 0 aliphatic rings. The first kappa shape index (κ1) is 22.5. The summed E-state index contributed by atoms with van der Waals surface area (Å²) in [4.78, 5) is 12.6. The van der Waals surface area contributed by atoms with Gasteiger partial charge in [0.15, 0.2) is 22.3 Å². The lowest BCUT2D eigenvalue weighted by atomic mass is 10.2. The van der Waals surface area contributed by atoms with Crippen LogP contribution in [0.2, 0.25) is 5.02 Å². The van der Waals surface area contributed by atoms with Crippen LogP contribution < -0.4 is 20.3 Å². The predicted octanol–water partition coefficient (Wildman–Crippen LogP) is 4.38. The normalized spacial score (nSPS) is 10.1. The van der Waals surface area contributed by atoms with Crippen molar-refractivity contribution in [3.05, 3.63) is 88.3 Å². The van der Waals surface area contributed by atoms with E-state index in [1.54, 1.807) is 31.4 Å². The molecule has 8 heteroatoms. The first-order valence-electron chi connectivity index (χ1n) is 8.63. The third kappa shape index (κ3) is 5.38. The van der Waals surface area contributed by atoms with Gasteiger partial charge in [0.2, 0.25) is 0 Å². The lowest BCUT2D eigenvalue weighted by Gasteiger charge is -2.13. The van der Waals surface area contributed by atoms with Gasteiger partial charge >= 0.3 is 0 Å². The number of hydrogen-bond acceptors (Lipinski definition) is 5. The number of hydrogen-bond donors (Lipinski definition) is 1. The van der Waals surface area contributed by atoms with Gasteiger partial charge in [-0.05, 0) is 29.8 Å². The van der Waals surface area contributed by atoms with Crippen LogP contribution in [0.5, 0.6) is 17.2 Å². The number of methoxy groups -OCH3 is 1. The summed E-state index contributed by atoms with van der Waals surface area (Å²) < 4.78 is 12.4. The Balaban J connectivity index is 0.00000300. The molecule has 0 spiro atoms. The molecule has 0 amide bonds. The van der Waals surface area contributed by atoms with Crippen LogP contribution in [0.15, 0.2) is 72.2 Å². The van der Waals surface area contributed by atoms with E-state index >= 15 is 0 Å². The van der Waals surface area contributed by atoms with E-state index in [1.807, 2.05) is 30.3 Å². The monoisotopic (exact) mass is 433 g/mol. The molecule has 0 saturated heterocycles. The molecule has 0 aliphatic carbocycles. The highest BCUT2D eigenvalue weighted by atomic mass is 35.5. The average molecular weight is 434 g/mol. The smallest absolute Gasteiger partial charge is 0.294 e. The molecule has 0 unspecified atom stereocenters. The van der Waals surface area contributed by atoms with Gasteiger partial charge in [0, 0.05) is 13.1 Å². The highest BCUT2D eigenvalue weighted by Crippen LogP contribution is 2.34. The Bertz CT molecular complexity index is 1020. The van der Waals surface area contributed by atoms with Crippen LogP contribution in [-0.4, -0.2) is 23.4 Å². The second-order valence-electron chi connectivity index (χ2n) is 5.88. The molecule has 1 N–H and O–H groups in total. The van der Waals surface area contributed by atoms with Crippen LogP contribution in [-0.2, 0) is 6.54 Å². The highest BCUT2D eigenvalue weighted by Gasteiger charge is 2.15. The Morgan fingerprint density at radius 3 is 2.62 bits per heavy atom. The number of halogens is 2. The largest absolute Gasteiger partial charge is 0.493 e. The summed E-state index contributed by atoms with van der Waals surface area (Å²) in [5, 5.41) is 7.33. The van der Waals surface area contributed by atoms with E-state index in [1.165, 1.54) is 10.9 Å². The van der Waals surface area contributed by atoms with E-state index in [4.69, 9.17) is 21.1 Å². The average Bonchev–Trinajstić information content (AvgIpc) is 2.73. The zero-order valence-electron chi connectivity index (χ0n) is 15.8. The number of para-hydroxylation sites is 1. The molecular formula is C21H21Cl2N3O3. The Hall–Kier alpha value is -2.80. The molecule has 2 aromatic carbocycles. The molecule has 0 bridgehead atoms. The Labute approximate surface area is 180 Å². The van der Waals surface area contributed by atoms with Gasteiger partial charge in [0.25, 0.3) is 5.56 Å². The van der Waals surface area contributed by atoms with Crippen LogP contribution in [0.3, 0.4) is 0 Å². The summed E-state index contributed by atoms with van der Waals surface area (Å²) >= 11 is 6.25. The number of nitrogens with zero attached hydrogens (tertiary/aromatic N) is 2. The van der Waals surface area contributed by atoms with Crippen molar-refractivity contribution in [2.45, 2.75) is 6.54 Å². The minimum Gasteiger partial charge on any atom is -0.493 e. The van der Waals surface area contributed by atoms with Gasteiger partial charge < -0.3 is 14.8 Å². The summed E-state index contributed by atoms with van der Waals surface area (Å²) in [7, 11) is 1.55. The molecule has 6 nitrogen and oxygen atoms in total. The fourth-order valence-electron chi connectivity index (χ4n) is 2.59. The van der Waals surface area contributed by atoms with E-state index in [-0.39, 0.29) is 23.2 Å². The highest BCUT2D eigenvalue weighted by molar-refractivity contribution is 6.31. The Morgan fingerprint density at radius 2 is 1.93 bits per heavy atom. The standard InChI is InChI=1S/C21H20ClN3O3.ClH/c1-3-11-23-13-15-9-10-17(18(12-15)27-2)28-19-14-24-25(21(26)20(19)22)16-7-5-4-6-8-16;/h3-10,12,14,23H,1,11,13H2,2H3;1H. The number of nitrogens with one attached hydrogen (secondary N) is 1. The third-order valence-corrected chi connectivity index (χ3v) is 4.30. The van der Waals surface area contributed by atoms with Gasteiger partial charge in [-0.1, -0.05) is 41.9 Å². The minimum atomic E-state index is -0.463. The Morgan fingerprint density at radius 1 is 1.17 bits per heavy atom. The van der Waals surface area contributed by atoms with E-state index in [9.17, 15) is 4.79 Å². The SMILES string of the molecule is C=CCNCc1ccc(Oc2cnn(-c3ccccc3)c(=O)c2Cl)c(OC)c1.Cl. The Kier molecular flexibility index (Phi) is 8.27. The maximum Gasteiger partial charge on any atom is 0.294 e. The van der Waals surface area contributed by atoms with Gasteiger partial charge in [-0.25, -0.2) is 0 Å². The zero-order chi connectivity index (χ0) is 19.9. The molecule has 152 valence electrons. The van der Waals surface area contributed by atoms with Crippen molar-refractivity contribution in [2.75, 3.05) is 13.7 Å². The molecule has 3 aromatic rings. The van der Waals surface area contributed by atoms with E-state index in [0.717, 1.165) is 5.56 Å². The first-order chi connectivity index (χ1) is 13.6. The summed E-state index contributed by atoms with van der Waals surface area (Å²) in [5.41, 5.74) is 1.18. The van der Waals surface area contributed by atoms with Crippen molar-refractivity contribution in [3.8, 4) is 22.9 Å². The molecule has 0 atom stereocenters. The number of aromatic nitrogens is 2.